The maximum absolute atomic E-state index is 11.9. The Labute approximate surface area is 133 Å². The zero-order valence-corrected chi connectivity index (χ0v) is 12.8. The van der Waals surface area contributed by atoms with Crippen molar-refractivity contribution in [2.75, 3.05) is 13.2 Å². The molecular weight excluding hydrogens is 324 g/mol. The molecule has 1 N–H and O–H groups in total. The van der Waals surface area contributed by atoms with Gasteiger partial charge < -0.3 is 9.47 Å². The van der Waals surface area contributed by atoms with Gasteiger partial charge >= 0.3 is 11.9 Å². The number of rotatable bonds is 6. The SMILES string of the molecule is N#CCCNS(=O)(=O)c1ccc(C(=O)O[C@@H]2CCOC2=O)cc1. The number of hydrogen-bond donors (Lipinski definition) is 1. The number of nitriles is 1. The van der Waals surface area contributed by atoms with Crippen LogP contribution in [-0.2, 0) is 24.3 Å². The quantitative estimate of drug-likeness (QED) is 0.586. The van der Waals surface area contributed by atoms with E-state index in [1.165, 1.54) is 24.3 Å². The Hall–Kier alpha value is -2.44. The number of nitrogens with zero attached hydrogens (tertiary/aromatic N) is 1. The second-order valence-corrected chi connectivity index (χ2v) is 6.45. The fourth-order valence-corrected chi connectivity index (χ4v) is 2.91. The molecule has 122 valence electrons. The summed E-state index contributed by atoms with van der Waals surface area (Å²) in [5.74, 6) is -1.31. The molecule has 0 amide bonds. The number of carbonyl (C=O) groups excluding carboxylic acids is 2. The lowest BCUT2D eigenvalue weighted by atomic mass is 10.2. The molecule has 0 aliphatic carbocycles. The molecule has 0 aromatic heterocycles. The molecule has 23 heavy (non-hydrogen) atoms. The van der Waals surface area contributed by atoms with Crippen molar-refractivity contribution in [2.45, 2.75) is 23.8 Å². The minimum Gasteiger partial charge on any atom is -0.463 e. The number of hydrogen-bond acceptors (Lipinski definition) is 7. The molecule has 2 rings (SSSR count). The van der Waals surface area contributed by atoms with Gasteiger partial charge in [-0.2, -0.15) is 5.26 Å². The summed E-state index contributed by atoms with van der Waals surface area (Å²) in [7, 11) is -3.73. The van der Waals surface area contributed by atoms with E-state index < -0.39 is 28.1 Å². The molecule has 8 nitrogen and oxygen atoms in total. The largest absolute Gasteiger partial charge is 0.463 e. The van der Waals surface area contributed by atoms with Gasteiger partial charge in [0.1, 0.15) is 0 Å². The lowest BCUT2D eigenvalue weighted by Crippen LogP contribution is -2.25. The summed E-state index contributed by atoms with van der Waals surface area (Å²) in [6.45, 7) is 0.217. The lowest BCUT2D eigenvalue weighted by molar-refractivity contribution is -0.145. The highest BCUT2D eigenvalue weighted by Crippen LogP contribution is 2.15. The van der Waals surface area contributed by atoms with Crippen LogP contribution in [0, 0.1) is 11.3 Å². The van der Waals surface area contributed by atoms with Crippen LogP contribution in [0.1, 0.15) is 23.2 Å². The molecule has 1 aromatic rings. The Bertz CT molecular complexity index is 736. The van der Waals surface area contributed by atoms with E-state index in [1.807, 2.05) is 6.07 Å². The third kappa shape index (κ3) is 4.28. The highest BCUT2D eigenvalue weighted by Gasteiger charge is 2.30. The van der Waals surface area contributed by atoms with Crippen molar-refractivity contribution in [2.24, 2.45) is 0 Å². The predicted molar refractivity (Wildman–Crippen MR) is 76.6 cm³/mol. The third-order valence-electron chi connectivity index (χ3n) is 3.07. The smallest absolute Gasteiger partial charge is 0.347 e. The van der Waals surface area contributed by atoms with Gasteiger partial charge in [-0.15, -0.1) is 0 Å². The molecule has 0 radical (unpaired) electrons. The molecule has 1 aromatic carbocycles. The van der Waals surface area contributed by atoms with Crippen LogP contribution < -0.4 is 4.72 Å². The fraction of sp³-hybridized carbons (Fsp3) is 0.357. The highest BCUT2D eigenvalue weighted by molar-refractivity contribution is 7.89. The van der Waals surface area contributed by atoms with Crippen molar-refractivity contribution >= 4 is 22.0 Å². The number of esters is 2. The summed E-state index contributed by atoms with van der Waals surface area (Å²) < 4.78 is 35.8. The number of carbonyl (C=O) groups is 2. The van der Waals surface area contributed by atoms with Crippen LogP contribution in [-0.4, -0.2) is 39.6 Å². The standard InChI is InChI=1S/C14H14N2O6S/c15-7-1-8-16-23(19,20)11-4-2-10(3-5-11)13(17)22-12-6-9-21-14(12)18/h2-5,12,16H,1,6,8-9H2/t12-/m1/s1. The average molecular weight is 338 g/mol. The van der Waals surface area contributed by atoms with E-state index in [2.05, 4.69) is 9.46 Å². The monoisotopic (exact) mass is 338 g/mol. The van der Waals surface area contributed by atoms with E-state index in [4.69, 9.17) is 10.00 Å². The van der Waals surface area contributed by atoms with Gasteiger partial charge in [-0.3, -0.25) is 0 Å². The van der Waals surface area contributed by atoms with Crippen molar-refractivity contribution in [3.63, 3.8) is 0 Å². The lowest BCUT2D eigenvalue weighted by Gasteiger charge is -2.09. The number of cyclic esters (lactones) is 1. The van der Waals surface area contributed by atoms with Crippen LogP contribution in [0.3, 0.4) is 0 Å². The minimum atomic E-state index is -3.73. The number of sulfonamides is 1. The van der Waals surface area contributed by atoms with E-state index in [0.717, 1.165) is 0 Å². The molecule has 1 fully saturated rings. The van der Waals surface area contributed by atoms with Gasteiger partial charge in [-0.25, -0.2) is 22.7 Å². The van der Waals surface area contributed by atoms with Crippen LogP contribution >= 0.6 is 0 Å². The topological polar surface area (TPSA) is 123 Å². The van der Waals surface area contributed by atoms with Crippen molar-refractivity contribution < 1.29 is 27.5 Å². The van der Waals surface area contributed by atoms with Gasteiger partial charge in [0.15, 0.2) is 0 Å². The van der Waals surface area contributed by atoms with Gasteiger partial charge in [-0.05, 0) is 24.3 Å². The molecule has 0 bridgehead atoms. The van der Waals surface area contributed by atoms with Gasteiger partial charge in [0, 0.05) is 19.4 Å². The van der Waals surface area contributed by atoms with E-state index in [-0.39, 0.29) is 30.0 Å². The van der Waals surface area contributed by atoms with Crippen LogP contribution in [0.4, 0.5) is 0 Å². The zero-order valence-electron chi connectivity index (χ0n) is 12.0. The van der Waals surface area contributed by atoms with E-state index >= 15 is 0 Å². The molecule has 0 saturated carbocycles. The zero-order chi connectivity index (χ0) is 16.9. The van der Waals surface area contributed by atoms with Crippen LogP contribution in [0.2, 0.25) is 0 Å². The maximum Gasteiger partial charge on any atom is 0.347 e. The average Bonchev–Trinajstić information content (AvgIpc) is 2.93. The number of nitrogens with one attached hydrogen (secondary N) is 1. The fourth-order valence-electron chi connectivity index (χ4n) is 1.88. The van der Waals surface area contributed by atoms with Crippen LogP contribution in [0.5, 0.6) is 0 Å². The van der Waals surface area contributed by atoms with E-state index in [0.29, 0.717) is 6.42 Å². The molecule has 0 spiro atoms. The second kappa shape index (κ2) is 7.21. The summed E-state index contributed by atoms with van der Waals surface area (Å²) in [5.41, 5.74) is 0.126. The summed E-state index contributed by atoms with van der Waals surface area (Å²) >= 11 is 0. The summed E-state index contributed by atoms with van der Waals surface area (Å²) in [6, 6.07) is 6.91. The van der Waals surface area contributed by atoms with Gasteiger partial charge in [-0.1, -0.05) is 0 Å². The predicted octanol–water partition coefficient (Wildman–Crippen LogP) is 0.351. The summed E-state index contributed by atoms with van der Waals surface area (Å²) in [5, 5.41) is 8.40. The first-order valence-electron chi connectivity index (χ1n) is 6.78. The third-order valence-corrected chi connectivity index (χ3v) is 4.54. The molecule has 1 heterocycles. The van der Waals surface area contributed by atoms with Crippen LogP contribution in [0.15, 0.2) is 29.2 Å². The summed E-state index contributed by atoms with van der Waals surface area (Å²) in [6.07, 6.45) is -0.556. The van der Waals surface area contributed by atoms with Crippen molar-refractivity contribution in [3.05, 3.63) is 29.8 Å². The first kappa shape index (κ1) is 16.9. The maximum atomic E-state index is 11.9. The van der Waals surface area contributed by atoms with Crippen molar-refractivity contribution in [3.8, 4) is 6.07 Å². The van der Waals surface area contributed by atoms with Gasteiger partial charge in [0.25, 0.3) is 0 Å². The molecule has 0 unspecified atom stereocenters. The van der Waals surface area contributed by atoms with Gasteiger partial charge in [0.05, 0.1) is 23.1 Å². The normalized spacial score (nSPS) is 17.3. The Balaban J connectivity index is 2.02. The minimum absolute atomic E-state index is 0.00637. The molecule has 1 atom stereocenters. The molecule has 9 heteroatoms. The molecule has 1 aliphatic rings. The van der Waals surface area contributed by atoms with E-state index in [9.17, 15) is 18.0 Å². The summed E-state index contributed by atoms with van der Waals surface area (Å²) in [4.78, 5) is 23.1. The molecule has 1 aliphatic heterocycles. The van der Waals surface area contributed by atoms with E-state index in [1.54, 1.807) is 0 Å². The van der Waals surface area contributed by atoms with Gasteiger partial charge in [0.2, 0.25) is 16.1 Å². The number of benzene rings is 1. The van der Waals surface area contributed by atoms with Crippen molar-refractivity contribution in [1.82, 2.24) is 4.72 Å². The first-order chi connectivity index (χ1) is 10.9. The first-order valence-corrected chi connectivity index (χ1v) is 8.26. The van der Waals surface area contributed by atoms with Crippen molar-refractivity contribution in [1.29, 1.82) is 5.26 Å². The Morgan fingerprint density at radius 2 is 2.09 bits per heavy atom. The highest BCUT2D eigenvalue weighted by atomic mass is 32.2. The molecule has 1 saturated heterocycles. The second-order valence-electron chi connectivity index (χ2n) is 4.68. The Kier molecular flexibility index (Phi) is 5.31. The Morgan fingerprint density at radius 1 is 1.39 bits per heavy atom. The number of ether oxygens (including phenoxy) is 2. The Morgan fingerprint density at radius 3 is 2.65 bits per heavy atom. The van der Waals surface area contributed by atoms with Crippen LogP contribution in [0.25, 0.3) is 0 Å². The molecular formula is C14H14N2O6S.